The first-order valence-electron chi connectivity index (χ1n) is 6.87. The number of amides is 1. The monoisotopic (exact) mass is 334 g/mol. The number of carbonyl (C=O) groups excluding carboxylic acids is 1. The fourth-order valence-electron chi connectivity index (χ4n) is 2.21. The molecule has 0 unspecified atom stereocenters. The van der Waals surface area contributed by atoms with Crippen LogP contribution in [0, 0.1) is 5.82 Å². The highest BCUT2D eigenvalue weighted by molar-refractivity contribution is 6.06. The van der Waals surface area contributed by atoms with Crippen molar-refractivity contribution in [1.29, 1.82) is 0 Å². The molecular weight excluding hydrogens is 324 g/mol. The van der Waals surface area contributed by atoms with E-state index in [9.17, 15) is 22.4 Å². The van der Waals surface area contributed by atoms with Gasteiger partial charge in [-0.2, -0.15) is 13.2 Å². The Balaban J connectivity index is 1.91. The molecule has 0 atom stereocenters. The molecule has 3 aromatic rings. The van der Waals surface area contributed by atoms with Gasteiger partial charge >= 0.3 is 6.18 Å². The Morgan fingerprint density at radius 2 is 1.83 bits per heavy atom. The molecule has 0 radical (unpaired) electrons. The molecule has 1 amide bonds. The fraction of sp³-hybridized carbons (Fsp3) is 0.0588. The zero-order chi connectivity index (χ0) is 17.3. The maximum absolute atomic E-state index is 13.7. The number of fused-ring (bicyclic) bond motifs is 1. The van der Waals surface area contributed by atoms with E-state index in [4.69, 9.17) is 0 Å². The number of halogens is 4. The number of aromatic nitrogens is 1. The maximum Gasteiger partial charge on any atom is 0.416 e. The molecule has 3 nitrogen and oxygen atoms in total. The molecule has 0 aliphatic heterocycles. The largest absolute Gasteiger partial charge is 0.416 e. The zero-order valence-electron chi connectivity index (χ0n) is 12.1. The second kappa shape index (κ2) is 5.92. The van der Waals surface area contributed by atoms with Crippen molar-refractivity contribution in [2.45, 2.75) is 6.18 Å². The highest BCUT2D eigenvalue weighted by atomic mass is 19.4. The van der Waals surface area contributed by atoms with Crippen molar-refractivity contribution in [3.63, 3.8) is 0 Å². The van der Waals surface area contributed by atoms with Gasteiger partial charge in [0, 0.05) is 17.1 Å². The van der Waals surface area contributed by atoms with Gasteiger partial charge in [-0.15, -0.1) is 0 Å². The Morgan fingerprint density at radius 1 is 1.04 bits per heavy atom. The van der Waals surface area contributed by atoms with Crippen LogP contribution in [0.15, 0.2) is 54.7 Å². The van der Waals surface area contributed by atoms with E-state index in [1.165, 1.54) is 12.1 Å². The van der Waals surface area contributed by atoms with Crippen LogP contribution in [-0.2, 0) is 6.18 Å². The highest BCUT2D eigenvalue weighted by Gasteiger charge is 2.31. The van der Waals surface area contributed by atoms with Crippen LogP contribution in [0.4, 0.5) is 23.2 Å². The summed E-state index contributed by atoms with van der Waals surface area (Å²) in [4.78, 5) is 16.3. The van der Waals surface area contributed by atoms with Gasteiger partial charge in [-0.05, 0) is 42.5 Å². The molecule has 7 heteroatoms. The van der Waals surface area contributed by atoms with Gasteiger partial charge in [-0.3, -0.25) is 9.78 Å². The summed E-state index contributed by atoms with van der Waals surface area (Å²) >= 11 is 0. The van der Waals surface area contributed by atoms with E-state index in [-0.39, 0.29) is 5.56 Å². The Labute approximate surface area is 133 Å². The molecule has 0 aliphatic carbocycles. The molecule has 122 valence electrons. The third-order valence-corrected chi connectivity index (χ3v) is 3.41. The van der Waals surface area contributed by atoms with E-state index >= 15 is 0 Å². The summed E-state index contributed by atoms with van der Waals surface area (Å²) < 4.78 is 51.8. The smallest absolute Gasteiger partial charge is 0.319 e. The number of carbonyl (C=O) groups is 1. The molecule has 0 fully saturated rings. The number of benzene rings is 2. The van der Waals surface area contributed by atoms with Gasteiger partial charge in [0.15, 0.2) is 0 Å². The maximum atomic E-state index is 13.7. The minimum absolute atomic E-state index is 0.187. The number of nitrogens with zero attached hydrogens (tertiary/aromatic N) is 1. The van der Waals surface area contributed by atoms with Crippen molar-refractivity contribution in [2.75, 3.05) is 5.32 Å². The van der Waals surface area contributed by atoms with Gasteiger partial charge in [0.1, 0.15) is 5.82 Å². The SMILES string of the molecule is O=C(Nc1cc(C(F)(F)F)ccc1F)c1ccc2ncccc2c1. The van der Waals surface area contributed by atoms with E-state index in [0.29, 0.717) is 29.1 Å². The predicted octanol–water partition coefficient (Wildman–Crippen LogP) is 4.65. The molecule has 1 N–H and O–H groups in total. The Kier molecular flexibility index (Phi) is 3.92. The topological polar surface area (TPSA) is 42.0 Å². The summed E-state index contributed by atoms with van der Waals surface area (Å²) in [6, 6.07) is 9.89. The lowest BCUT2D eigenvalue weighted by Gasteiger charge is -2.11. The van der Waals surface area contributed by atoms with Gasteiger partial charge in [-0.1, -0.05) is 6.07 Å². The average Bonchev–Trinajstić information content (AvgIpc) is 2.55. The number of alkyl halides is 3. The molecule has 1 aromatic heterocycles. The van der Waals surface area contributed by atoms with E-state index in [2.05, 4.69) is 10.3 Å². The molecule has 0 bridgehead atoms. The third kappa shape index (κ3) is 3.19. The van der Waals surface area contributed by atoms with Crippen molar-refractivity contribution in [3.8, 4) is 0 Å². The second-order valence-electron chi connectivity index (χ2n) is 5.06. The molecule has 0 saturated carbocycles. The van der Waals surface area contributed by atoms with Gasteiger partial charge in [0.25, 0.3) is 5.91 Å². The lowest BCUT2D eigenvalue weighted by molar-refractivity contribution is -0.137. The first-order chi connectivity index (χ1) is 11.3. The van der Waals surface area contributed by atoms with Crippen LogP contribution in [0.1, 0.15) is 15.9 Å². The van der Waals surface area contributed by atoms with E-state index < -0.39 is 29.2 Å². The molecule has 1 heterocycles. The minimum Gasteiger partial charge on any atom is -0.319 e. The van der Waals surface area contributed by atoms with Crippen LogP contribution in [0.2, 0.25) is 0 Å². The molecule has 24 heavy (non-hydrogen) atoms. The summed E-state index contributed by atoms with van der Waals surface area (Å²) in [5.74, 6) is -1.65. The summed E-state index contributed by atoms with van der Waals surface area (Å²) in [5, 5.41) is 2.86. The molecule has 3 rings (SSSR count). The summed E-state index contributed by atoms with van der Waals surface area (Å²) in [6.45, 7) is 0. The van der Waals surface area contributed by atoms with Crippen LogP contribution < -0.4 is 5.32 Å². The van der Waals surface area contributed by atoms with E-state index in [1.807, 2.05) is 0 Å². The van der Waals surface area contributed by atoms with Crippen LogP contribution in [0.25, 0.3) is 10.9 Å². The zero-order valence-corrected chi connectivity index (χ0v) is 12.1. The molecular formula is C17H10F4N2O. The van der Waals surface area contributed by atoms with E-state index in [0.717, 1.165) is 0 Å². The number of hydrogen-bond acceptors (Lipinski definition) is 2. The Bertz CT molecular complexity index is 922. The normalized spacial score (nSPS) is 11.5. The van der Waals surface area contributed by atoms with Crippen LogP contribution in [0.3, 0.4) is 0 Å². The lowest BCUT2D eigenvalue weighted by atomic mass is 10.1. The Hall–Kier alpha value is -2.96. The molecule has 2 aromatic carbocycles. The summed E-state index contributed by atoms with van der Waals surface area (Å²) in [5.41, 5.74) is -0.713. The van der Waals surface area contributed by atoms with Crippen LogP contribution in [-0.4, -0.2) is 10.9 Å². The summed E-state index contributed by atoms with van der Waals surface area (Å²) in [7, 11) is 0. The highest BCUT2D eigenvalue weighted by Crippen LogP contribution is 2.32. The number of anilines is 1. The summed E-state index contributed by atoms with van der Waals surface area (Å²) in [6.07, 6.45) is -3.03. The molecule has 0 aliphatic rings. The van der Waals surface area contributed by atoms with Crippen molar-refractivity contribution < 1.29 is 22.4 Å². The van der Waals surface area contributed by atoms with Crippen molar-refractivity contribution in [1.82, 2.24) is 4.98 Å². The minimum atomic E-state index is -4.62. The standard InChI is InChI=1S/C17H10F4N2O/c18-13-5-4-12(17(19,20)21)9-15(13)23-16(24)11-3-6-14-10(8-11)2-1-7-22-14/h1-9H,(H,23,24). The average molecular weight is 334 g/mol. The van der Waals surface area contributed by atoms with Gasteiger partial charge in [0.05, 0.1) is 16.8 Å². The number of rotatable bonds is 2. The molecule has 0 spiro atoms. The first-order valence-corrected chi connectivity index (χ1v) is 6.87. The number of pyridine rings is 1. The van der Waals surface area contributed by atoms with Crippen molar-refractivity contribution in [2.24, 2.45) is 0 Å². The number of hydrogen-bond donors (Lipinski definition) is 1. The van der Waals surface area contributed by atoms with E-state index in [1.54, 1.807) is 24.4 Å². The fourth-order valence-corrected chi connectivity index (χ4v) is 2.21. The first kappa shape index (κ1) is 15.9. The van der Waals surface area contributed by atoms with Crippen LogP contribution >= 0.6 is 0 Å². The number of nitrogens with one attached hydrogen (secondary N) is 1. The molecule has 0 saturated heterocycles. The van der Waals surface area contributed by atoms with Crippen LogP contribution in [0.5, 0.6) is 0 Å². The quantitative estimate of drug-likeness (QED) is 0.694. The predicted molar refractivity (Wildman–Crippen MR) is 81.1 cm³/mol. The van der Waals surface area contributed by atoms with Gasteiger partial charge in [-0.25, -0.2) is 4.39 Å². The third-order valence-electron chi connectivity index (χ3n) is 3.41. The van der Waals surface area contributed by atoms with Gasteiger partial charge in [0.2, 0.25) is 0 Å². The Morgan fingerprint density at radius 3 is 2.58 bits per heavy atom. The second-order valence-corrected chi connectivity index (χ2v) is 5.06. The lowest BCUT2D eigenvalue weighted by Crippen LogP contribution is -2.14. The van der Waals surface area contributed by atoms with Gasteiger partial charge < -0.3 is 5.32 Å². The van der Waals surface area contributed by atoms with Crippen molar-refractivity contribution >= 4 is 22.5 Å². The van der Waals surface area contributed by atoms with Crippen molar-refractivity contribution in [3.05, 3.63) is 71.7 Å².